The number of aliphatic hydroxyl groups is 1. The number of para-hydroxylation sites is 1. The van der Waals surface area contributed by atoms with Gasteiger partial charge >= 0.3 is 0 Å². The van der Waals surface area contributed by atoms with E-state index >= 15 is 0 Å². The summed E-state index contributed by atoms with van der Waals surface area (Å²) in [7, 11) is 0. The fourth-order valence-corrected chi connectivity index (χ4v) is 4.83. The Kier molecular flexibility index (Phi) is 6.63. The molecule has 6 rings (SSSR count). The molecule has 4 aromatic heterocycles. The molecular weight excluding hydrogens is 516 g/mol. The highest BCUT2D eigenvalue weighted by Gasteiger charge is 2.37. The van der Waals surface area contributed by atoms with Crippen molar-refractivity contribution in [2.75, 3.05) is 24.6 Å². The third-order valence-electron chi connectivity index (χ3n) is 6.36. The van der Waals surface area contributed by atoms with Crippen LogP contribution >= 0.6 is 25.1 Å². The Bertz CT molecular complexity index is 1670. The first kappa shape index (κ1) is 24.8. The van der Waals surface area contributed by atoms with Crippen LogP contribution in [0.5, 0.6) is 0 Å². The second-order valence-electron chi connectivity index (χ2n) is 8.39. The van der Waals surface area contributed by atoms with Gasteiger partial charge in [0.25, 0.3) is 11.5 Å². The average molecular weight is 539 g/mol. The molecule has 1 saturated heterocycles. The minimum atomic E-state index is -0.342. The lowest BCUT2D eigenvalue weighted by atomic mass is 10.0. The molecule has 37 heavy (non-hydrogen) atoms. The summed E-state index contributed by atoms with van der Waals surface area (Å²) in [5.41, 5.74) is 1.59. The van der Waals surface area contributed by atoms with Gasteiger partial charge in [-0.3, -0.25) is 14.2 Å². The van der Waals surface area contributed by atoms with Crippen molar-refractivity contribution in [1.29, 1.82) is 0 Å². The van der Waals surface area contributed by atoms with Crippen LogP contribution in [0, 0.1) is 0 Å². The van der Waals surface area contributed by atoms with E-state index in [-0.39, 0.29) is 44.2 Å². The minimum absolute atomic E-state index is 0. The van der Waals surface area contributed by atoms with E-state index in [0.29, 0.717) is 51.0 Å². The van der Waals surface area contributed by atoms with Gasteiger partial charge < -0.3 is 20.3 Å². The Morgan fingerprint density at radius 2 is 2.03 bits per heavy atom. The van der Waals surface area contributed by atoms with Crippen LogP contribution in [0.25, 0.3) is 22.2 Å². The normalized spacial score (nSPS) is 15.0. The second kappa shape index (κ2) is 9.88. The lowest BCUT2D eigenvalue weighted by Crippen LogP contribution is -2.45. The van der Waals surface area contributed by atoms with Gasteiger partial charge in [0, 0.05) is 25.5 Å². The molecule has 11 nitrogen and oxygen atoms in total. The van der Waals surface area contributed by atoms with Crippen molar-refractivity contribution in [1.82, 2.24) is 34.4 Å². The second-order valence-corrected chi connectivity index (χ2v) is 8.80. The number of amides is 1. The number of benzene rings is 1. The maximum absolute atomic E-state index is 13.6. The van der Waals surface area contributed by atoms with E-state index in [2.05, 4.69) is 20.3 Å². The van der Waals surface area contributed by atoms with E-state index in [4.69, 9.17) is 21.8 Å². The third-order valence-corrected chi connectivity index (χ3v) is 6.66. The van der Waals surface area contributed by atoms with Gasteiger partial charge in [-0.05, 0) is 24.6 Å². The molecule has 13 heteroatoms. The fourth-order valence-electron chi connectivity index (χ4n) is 4.61. The first-order chi connectivity index (χ1) is 17.6. The van der Waals surface area contributed by atoms with Gasteiger partial charge in [0.1, 0.15) is 23.3 Å². The number of aromatic amines is 1. The molecule has 0 unspecified atom stereocenters. The number of aromatic nitrogens is 6. The number of aliphatic hydroxyl groups excluding tert-OH is 1. The van der Waals surface area contributed by atoms with E-state index in [9.17, 15) is 9.59 Å². The molecule has 0 radical (unpaired) electrons. The summed E-state index contributed by atoms with van der Waals surface area (Å²) in [6.07, 6.45) is 5.41. The zero-order valence-corrected chi connectivity index (χ0v) is 21.2. The Morgan fingerprint density at radius 3 is 2.76 bits per heavy atom. The zero-order chi connectivity index (χ0) is 24.8. The predicted molar refractivity (Wildman–Crippen MR) is 144 cm³/mol. The van der Waals surface area contributed by atoms with Crippen molar-refractivity contribution in [3.05, 3.63) is 81.9 Å². The van der Waals surface area contributed by atoms with E-state index in [1.165, 1.54) is 10.8 Å². The average Bonchev–Trinajstić information content (AvgIpc) is 3.47. The van der Waals surface area contributed by atoms with Crippen LogP contribution in [0.2, 0.25) is 5.02 Å². The summed E-state index contributed by atoms with van der Waals surface area (Å²) < 4.78 is 3.10. The number of H-pyrrole nitrogens is 1. The van der Waals surface area contributed by atoms with Crippen LogP contribution in [0.1, 0.15) is 28.6 Å². The molecule has 0 aliphatic carbocycles. The summed E-state index contributed by atoms with van der Waals surface area (Å²) >= 11 is 6.32. The largest absolute Gasteiger partial charge is 0.395 e. The van der Waals surface area contributed by atoms with Gasteiger partial charge in [0.15, 0.2) is 5.82 Å². The van der Waals surface area contributed by atoms with Crippen LogP contribution < -0.4 is 15.8 Å². The molecular formula is C24H23ClN8O3S. The number of anilines is 1. The summed E-state index contributed by atoms with van der Waals surface area (Å²) in [4.78, 5) is 40.2. The number of carbonyl (C=O) groups excluding carboxylic acids is 1. The molecule has 1 aliphatic heterocycles. The number of nitrogens with zero attached hydrogens (tertiary/aromatic N) is 6. The van der Waals surface area contributed by atoms with Crippen LogP contribution in [0.4, 0.5) is 5.82 Å². The van der Waals surface area contributed by atoms with E-state index in [0.717, 1.165) is 6.42 Å². The third kappa shape index (κ3) is 4.02. The molecule has 0 spiro atoms. The Balaban J connectivity index is 0.00000280. The molecule has 1 atom stereocenters. The Morgan fingerprint density at radius 1 is 1.22 bits per heavy atom. The molecule has 1 amide bonds. The molecule has 5 aromatic rings. The fraction of sp³-hybridized carbons (Fsp3) is 0.208. The van der Waals surface area contributed by atoms with Crippen LogP contribution in [-0.2, 0) is 0 Å². The Hall–Kier alpha value is -3.87. The number of nitrogens with one attached hydrogen (secondary N) is 2. The molecule has 0 bridgehead atoms. The monoisotopic (exact) mass is 538 g/mol. The van der Waals surface area contributed by atoms with E-state index in [1.807, 2.05) is 35.2 Å². The standard InChI is InChI=1S/C24H21ClN8O3.H2S/c25-16-6-10-32-19(16)24(36)33(14-4-2-1-3-5-14)21(30-32)17-7-9-31(17)22-18-15(23(35)26-8-11-34)12-27-20(18)28-13-29-22;/h1-6,10,12-13,17,34H,7-9,11H2,(H,26,35)(H,27,28,29);1H2/t17-;/m0./s1. The summed E-state index contributed by atoms with van der Waals surface area (Å²) in [5.74, 6) is 0.753. The summed E-state index contributed by atoms with van der Waals surface area (Å²) in [6.45, 7) is 0.614. The highest BCUT2D eigenvalue weighted by atomic mass is 35.5. The van der Waals surface area contributed by atoms with Crippen LogP contribution in [-0.4, -0.2) is 59.8 Å². The quantitative estimate of drug-likeness (QED) is 0.302. The molecule has 1 fully saturated rings. The number of hydrogen-bond donors (Lipinski definition) is 3. The van der Waals surface area contributed by atoms with Gasteiger partial charge in [-0.1, -0.05) is 29.8 Å². The number of fused-ring (bicyclic) bond motifs is 2. The Labute approximate surface area is 222 Å². The highest BCUT2D eigenvalue weighted by Crippen LogP contribution is 2.40. The van der Waals surface area contributed by atoms with Gasteiger partial charge in [0.05, 0.1) is 34.3 Å². The highest BCUT2D eigenvalue weighted by molar-refractivity contribution is 7.59. The first-order valence-electron chi connectivity index (χ1n) is 11.4. The minimum Gasteiger partial charge on any atom is -0.395 e. The maximum Gasteiger partial charge on any atom is 0.284 e. The van der Waals surface area contributed by atoms with Crippen molar-refractivity contribution in [3.63, 3.8) is 0 Å². The number of halogens is 1. The van der Waals surface area contributed by atoms with Crippen molar-refractivity contribution < 1.29 is 9.90 Å². The van der Waals surface area contributed by atoms with Gasteiger partial charge in [-0.15, -0.1) is 0 Å². The van der Waals surface area contributed by atoms with Gasteiger partial charge in [0.2, 0.25) is 0 Å². The van der Waals surface area contributed by atoms with Crippen LogP contribution in [0.15, 0.2) is 59.9 Å². The molecule has 1 aromatic carbocycles. The van der Waals surface area contributed by atoms with Crippen molar-refractivity contribution >= 4 is 53.4 Å². The zero-order valence-electron chi connectivity index (χ0n) is 19.4. The molecule has 0 saturated carbocycles. The number of rotatable bonds is 6. The molecule has 5 heterocycles. The molecule has 1 aliphatic rings. The molecule has 190 valence electrons. The molecule has 3 N–H and O–H groups in total. The lowest BCUT2D eigenvalue weighted by Gasteiger charge is -2.42. The van der Waals surface area contributed by atoms with E-state index in [1.54, 1.807) is 23.0 Å². The lowest BCUT2D eigenvalue weighted by molar-refractivity contribution is 0.0946. The van der Waals surface area contributed by atoms with Crippen LogP contribution in [0.3, 0.4) is 0 Å². The first-order valence-corrected chi connectivity index (χ1v) is 11.8. The smallest absolute Gasteiger partial charge is 0.284 e. The van der Waals surface area contributed by atoms with Crippen molar-refractivity contribution in [2.45, 2.75) is 12.5 Å². The topological polar surface area (TPSA) is 133 Å². The summed E-state index contributed by atoms with van der Waals surface area (Å²) in [6, 6.07) is 10.7. The van der Waals surface area contributed by atoms with Gasteiger partial charge in [-0.2, -0.15) is 18.6 Å². The van der Waals surface area contributed by atoms with E-state index < -0.39 is 0 Å². The summed E-state index contributed by atoms with van der Waals surface area (Å²) in [5, 5.41) is 17.5. The van der Waals surface area contributed by atoms with Crippen molar-refractivity contribution in [3.8, 4) is 5.69 Å². The van der Waals surface area contributed by atoms with Gasteiger partial charge in [-0.25, -0.2) is 14.5 Å². The van der Waals surface area contributed by atoms with Crippen molar-refractivity contribution in [2.24, 2.45) is 0 Å². The maximum atomic E-state index is 13.6. The number of carbonyl (C=O) groups is 1. The SMILES string of the molecule is O=C(NCCO)c1c[nH]c2ncnc(N3CC[C@H]3c3nn4ccc(Cl)c4c(=O)n3-c3ccccc3)c12.S. The number of hydrogen-bond acceptors (Lipinski definition) is 7. The predicted octanol–water partition coefficient (Wildman–Crippen LogP) is 2.20.